The zero-order valence-electron chi connectivity index (χ0n) is 11.2. The van der Waals surface area contributed by atoms with Crippen LogP contribution < -0.4 is 5.32 Å². The molecule has 4 heteroatoms. The molecule has 0 saturated heterocycles. The second-order valence-corrected chi connectivity index (χ2v) is 5.06. The van der Waals surface area contributed by atoms with Crippen molar-refractivity contribution in [2.75, 3.05) is 20.3 Å². The van der Waals surface area contributed by atoms with Crippen molar-refractivity contribution >= 4 is 5.97 Å². The van der Waals surface area contributed by atoms with E-state index in [0.29, 0.717) is 6.61 Å². The minimum absolute atomic E-state index is 0.245. The van der Waals surface area contributed by atoms with Crippen LogP contribution in [0.1, 0.15) is 39.5 Å². The normalized spacial score (nSPS) is 17.9. The summed E-state index contributed by atoms with van der Waals surface area (Å²) in [6, 6.07) is -0.101. The van der Waals surface area contributed by atoms with Crippen molar-refractivity contribution < 1.29 is 14.3 Å². The Balaban J connectivity index is 2.15. The van der Waals surface area contributed by atoms with Crippen molar-refractivity contribution in [3.63, 3.8) is 0 Å². The molecule has 1 fully saturated rings. The van der Waals surface area contributed by atoms with E-state index in [1.807, 2.05) is 13.8 Å². The van der Waals surface area contributed by atoms with Crippen LogP contribution in [0.2, 0.25) is 0 Å². The zero-order valence-corrected chi connectivity index (χ0v) is 11.2. The van der Waals surface area contributed by atoms with E-state index in [-0.39, 0.29) is 18.1 Å². The fraction of sp³-hybridized carbons (Fsp3) is 0.923. The first kappa shape index (κ1) is 14.5. The molecular weight excluding hydrogens is 218 g/mol. The van der Waals surface area contributed by atoms with Gasteiger partial charge in [-0.2, -0.15) is 0 Å². The lowest BCUT2D eigenvalue weighted by Gasteiger charge is -2.25. The summed E-state index contributed by atoms with van der Waals surface area (Å²) >= 11 is 0. The van der Waals surface area contributed by atoms with Gasteiger partial charge in [0.25, 0.3) is 0 Å². The molecular formula is C13H25NO3. The summed E-state index contributed by atoms with van der Waals surface area (Å²) in [7, 11) is 1.41. The van der Waals surface area contributed by atoms with E-state index < -0.39 is 0 Å². The van der Waals surface area contributed by atoms with Gasteiger partial charge < -0.3 is 14.8 Å². The predicted octanol–water partition coefficient (Wildman–Crippen LogP) is 1.73. The molecule has 1 rings (SSSR count). The van der Waals surface area contributed by atoms with E-state index in [2.05, 4.69) is 5.32 Å². The van der Waals surface area contributed by atoms with Gasteiger partial charge in [-0.15, -0.1) is 0 Å². The molecule has 1 aliphatic rings. The molecule has 0 aromatic heterocycles. The lowest BCUT2D eigenvalue weighted by atomic mass is 9.83. The molecule has 1 atom stereocenters. The summed E-state index contributed by atoms with van der Waals surface area (Å²) in [6.07, 6.45) is 5.17. The molecule has 0 radical (unpaired) electrons. The number of carbonyl (C=O) groups is 1. The van der Waals surface area contributed by atoms with Gasteiger partial charge in [0.05, 0.1) is 13.7 Å². The van der Waals surface area contributed by atoms with Gasteiger partial charge in [0.15, 0.2) is 0 Å². The Morgan fingerprint density at radius 1 is 1.41 bits per heavy atom. The van der Waals surface area contributed by atoms with Crippen molar-refractivity contribution in [3.8, 4) is 0 Å². The Labute approximate surface area is 104 Å². The van der Waals surface area contributed by atoms with Gasteiger partial charge in [0.2, 0.25) is 0 Å². The van der Waals surface area contributed by atoms with E-state index in [1.165, 1.54) is 26.4 Å². The Morgan fingerprint density at radius 3 is 2.59 bits per heavy atom. The third-order valence-electron chi connectivity index (χ3n) is 3.20. The van der Waals surface area contributed by atoms with Crippen LogP contribution in [-0.2, 0) is 14.3 Å². The number of methoxy groups -OCH3 is 1. The average Bonchev–Trinajstić information content (AvgIpc) is 2.23. The molecule has 0 aromatic rings. The van der Waals surface area contributed by atoms with E-state index in [4.69, 9.17) is 9.47 Å². The number of carbonyl (C=O) groups excluding carboxylic acids is 1. The van der Waals surface area contributed by atoms with Crippen LogP contribution in [0, 0.1) is 5.92 Å². The lowest BCUT2D eigenvalue weighted by molar-refractivity contribution is -0.145. The number of ether oxygens (including phenoxy) is 2. The molecule has 1 unspecified atom stereocenters. The molecule has 1 N–H and O–H groups in total. The number of nitrogens with one attached hydrogen (secondary N) is 1. The fourth-order valence-electron chi connectivity index (χ4n) is 1.96. The van der Waals surface area contributed by atoms with Crippen molar-refractivity contribution in [2.45, 2.75) is 51.6 Å². The van der Waals surface area contributed by atoms with Crippen molar-refractivity contribution in [2.24, 2.45) is 5.92 Å². The highest BCUT2D eigenvalue weighted by molar-refractivity contribution is 5.75. The third-order valence-corrected chi connectivity index (χ3v) is 3.20. The Hall–Kier alpha value is -0.610. The second-order valence-electron chi connectivity index (χ2n) is 5.06. The van der Waals surface area contributed by atoms with Gasteiger partial charge in [-0.3, -0.25) is 4.79 Å². The van der Waals surface area contributed by atoms with Crippen LogP contribution in [0.15, 0.2) is 0 Å². The van der Waals surface area contributed by atoms with Gasteiger partial charge in [0.1, 0.15) is 6.04 Å². The minimum atomic E-state index is -0.346. The highest BCUT2D eigenvalue weighted by Crippen LogP contribution is 2.29. The maximum atomic E-state index is 11.5. The first-order valence-electron chi connectivity index (χ1n) is 6.55. The summed E-state index contributed by atoms with van der Waals surface area (Å²) < 4.78 is 10.3. The topological polar surface area (TPSA) is 47.6 Å². The summed E-state index contributed by atoms with van der Waals surface area (Å²) in [5.74, 6) is 0.604. The lowest BCUT2D eigenvalue weighted by Crippen LogP contribution is -2.44. The maximum Gasteiger partial charge on any atom is 0.325 e. The highest BCUT2D eigenvalue weighted by Gasteiger charge is 2.21. The van der Waals surface area contributed by atoms with Gasteiger partial charge >= 0.3 is 5.97 Å². The largest absolute Gasteiger partial charge is 0.468 e. The molecule has 4 nitrogen and oxygen atoms in total. The molecule has 0 heterocycles. The summed E-state index contributed by atoms with van der Waals surface area (Å²) in [5.41, 5.74) is 0. The Morgan fingerprint density at radius 2 is 2.12 bits per heavy atom. The first-order chi connectivity index (χ1) is 8.13. The van der Waals surface area contributed by atoms with Crippen molar-refractivity contribution in [1.29, 1.82) is 0 Å². The van der Waals surface area contributed by atoms with Gasteiger partial charge in [-0.25, -0.2) is 0 Å². The number of hydrogen-bond donors (Lipinski definition) is 1. The maximum absolute atomic E-state index is 11.5. The smallest absolute Gasteiger partial charge is 0.325 e. The quantitative estimate of drug-likeness (QED) is 0.521. The summed E-state index contributed by atoms with van der Waals surface area (Å²) in [6.45, 7) is 5.16. The molecule has 0 amide bonds. The molecule has 0 bridgehead atoms. The Kier molecular flexibility index (Phi) is 6.52. The van der Waals surface area contributed by atoms with E-state index in [0.717, 1.165) is 18.9 Å². The zero-order chi connectivity index (χ0) is 12.7. The highest BCUT2D eigenvalue weighted by atomic mass is 16.5. The van der Waals surface area contributed by atoms with Gasteiger partial charge in [-0.05, 0) is 12.3 Å². The van der Waals surface area contributed by atoms with Crippen LogP contribution in [0.25, 0.3) is 0 Å². The van der Waals surface area contributed by atoms with E-state index in [9.17, 15) is 4.79 Å². The number of esters is 1. The van der Waals surface area contributed by atoms with E-state index in [1.54, 1.807) is 0 Å². The molecule has 0 spiro atoms. The fourth-order valence-corrected chi connectivity index (χ4v) is 1.96. The van der Waals surface area contributed by atoms with Gasteiger partial charge in [-0.1, -0.05) is 33.1 Å². The molecule has 100 valence electrons. The Bertz CT molecular complexity index is 227. The summed E-state index contributed by atoms with van der Waals surface area (Å²) in [4.78, 5) is 11.5. The van der Waals surface area contributed by atoms with Crippen LogP contribution in [0.4, 0.5) is 0 Å². The minimum Gasteiger partial charge on any atom is -0.468 e. The third kappa shape index (κ3) is 5.50. The van der Waals surface area contributed by atoms with Crippen molar-refractivity contribution in [3.05, 3.63) is 0 Å². The van der Waals surface area contributed by atoms with Crippen LogP contribution in [0.5, 0.6) is 0 Å². The van der Waals surface area contributed by atoms with Crippen LogP contribution in [-0.4, -0.2) is 38.4 Å². The monoisotopic (exact) mass is 243 g/mol. The number of hydrogen-bond acceptors (Lipinski definition) is 4. The van der Waals surface area contributed by atoms with Crippen molar-refractivity contribution in [1.82, 2.24) is 5.32 Å². The van der Waals surface area contributed by atoms with Crippen LogP contribution in [0.3, 0.4) is 0 Å². The number of rotatable bonds is 8. The molecule has 1 aliphatic carbocycles. The van der Waals surface area contributed by atoms with Gasteiger partial charge in [0, 0.05) is 12.6 Å². The predicted molar refractivity (Wildman–Crippen MR) is 66.9 cm³/mol. The van der Waals surface area contributed by atoms with Crippen LogP contribution >= 0.6 is 0 Å². The summed E-state index contributed by atoms with van der Waals surface area (Å²) in [5, 5.41) is 3.15. The molecule has 17 heavy (non-hydrogen) atoms. The molecule has 0 aromatic carbocycles. The standard InChI is InChI=1S/C13H25NO3/c1-10(2)14-12(13(15)16-3)9-17-8-7-11-5-4-6-11/h10-12,14H,4-9H2,1-3H3. The SMILES string of the molecule is COC(=O)C(COCCC1CCC1)NC(C)C. The second kappa shape index (κ2) is 7.67. The molecule has 1 saturated carbocycles. The van der Waals surface area contributed by atoms with E-state index >= 15 is 0 Å². The first-order valence-corrected chi connectivity index (χ1v) is 6.55. The average molecular weight is 243 g/mol. The molecule has 0 aliphatic heterocycles.